The second-order valence-electron chi connectivity index (χ2n) is 3.07. The van der Waals surface area contributed by atoms with Gasteiger partial charge in [-0.1, -0.05) is 0 Å². The first-order valence-corrected chi connectivity index (χ1v) is 4.30. The van der Waals surface area contributed by atoms with Crippen molar-refractivity contribution in [3.05, 3.63) is 28.3 Å². The summed E-state index contributed by atoms with van der Waals surface area (Å²) in [5, 5.41) is 16.8. The molecule has 2 rings (SSSR count). The summed E-state index contributed by atoms with van der Waals surface area (Å²) in [6.07, 6.45) is 0. The number of aromatic nitrogens is 3. The van der Waals surface area contributed by atoms with E-state index in [1.54, 1.807) is 0 Å². The van der Waals surface area contributed by atoms with Crippen LogP contribution in [0.4, 0.5) is 17.3 Å². The van der Waals surface area contributed by atoms with Gasteiger partial charge in [-0.3, -0.25) is 15.2 Å². The van der Waals surface area contributed by atoms with Gasteiger partial charge >= 0.3 is 0 Å². The number of benzene rings is 1. The summed E-state index contributed by atoms with van der Waals surface area (Å²) in [4.78, 5) is 13.9. The van der Waals surface area contributed by atoms with Crippen molar-refractivity contribution in [2.24, 2.45) is 0 Å². The van der Waals surface area contributed by atoms with E-state index in [9.17, 15) is 10.1 Å². The van der Waals surface area contributed by atoms with Crippen LogP contribution in [0.25, 0.3) is 11.4 Å². The maximum Gasteiger partial charge on any atom is 0.270 e. The van der Waals surface area contributed by atoms with E-state index >= 15 is 0 Å². The fraction of sp³-hybridized carbons (Fsp3) is 0. The molecule has 0 aliphatic carbocycles. The highest BCUT2D eigenvalue weighted by Gasteiger charge is 2.13. The third kappa shape index (κ3) is 1.63. The summed E-state index contributed by atoms with van der Waals surface area (Å²) in [5.41, 5.74) is 11.7. The van der Waals surface area contributed by atoms with Gasteiger partial charge in [0.2, 0.25) is 5.95 Å². The Kier molecular flexibility index (Phi) is 2.16. The maximum atomic E-state index is 10.6. The standard InChI is InChI=1S/C8H8N6O2/c9-6-2-1-4(14(15)16)3-5(6)7-11-8(10)13-12-7/h1-3H,9H2,(H3,10,11,12,13). The van der Waals surface area contributed by atoms with Crippen molar-refractivity contribution in [2.45, 2.75) is 0 Å². The Morgan fingerprint density at radius 1 is 1.38 bits per heavy atom. The number of hydrogen-bond acceptors (Lipinski definition) is 6. The van der Waals surface area contributed by atoms with Gasteiger partial charge in [-0.15, -0.1) is 5.10 Å². The van der Waals surface area contributed by atoms with Crippen molar-refractivity contribution in [3.8, 4) is 11.4 Å². The van der Waals surface area contributed by atoms with E-state index in [0.717, 1.165) is 0 Å². The van der Waals surface area contributed by atoms with Crippen LogP contribution in [0.3, 0.4) is 0 Å². The molecule has 1 heterocycles. The Labute approximate surface area is 89.4 Å². The zero-order chi connectivity index (χ0) is 11.7. The number of H-pyrrole nitrogens is 1. The molecule has 0 bridgehead atoms. The first-order valence-electron chi connectivity index (χ1n) is 4.30. The van der Waals surface area contributed by atoms with Gasteiger partial charge in [0.1, 0.15) is 0 Å². The lowest BCUT2D eigenvalue weighted by molar-refractivity contribution is -0.384. The average molecular weight is 220 g/mol. The van der Waals surface area contributed by atoms with E-state index in [2.05, 4.69) is 15.2 Å². The molecule has 0 radical (unpaired) electrons. The zero-order valence-corrected chi connectivity index (χ0v) is 8.04. The van der Waals surface area contributed by atoms with Gasteiger partial charge in [-0.2, -0.15) is 4.98 Å². The minimum absolute atomic E-state index is 0.0564. The molecule has 0 saturated heterocycles. The number of non-ortho nitro benzene ring substituents is 1. The van der Waals surface area contributed by atoms with Crippen LogP contribution in [0.2, 0.25) is 0 Å². The summed E-state index contributed by atoms with van der Waals surface area (Å²) in [7, 11) is 0. The lowest BCUT2D eigenvalue weighted by atomic mass is 10.1. The van der Waals surface area contributed by atoms with Crippen LogP contribution in [0.1, 0.15) is 0 Å². The summed E-state index contributed by atoms with van der Waals surface area (Å²) in [6.45, 7) is 0. The van der Waals surface area contributed by atoms with Crippen LogP contribution in [0.5, 0.6) is 0 Å². The van der Waals surface area contributed by atoms with Crippen molar-refractivity contribution >= 4 is 17.3 Å². The number of nitro benzene ring substituents is 1. The molecule has 16 heavy (non-hydrogen) atoms. The number of nitrogens with one attached hydrogen (secondary N) is 1. The van der Waals surface area contributed by atoms with Crippen molar-refractivity contribution in [2.75, 3.05) is 11.5 Å². The maximum absolute atomic E-state index is 10.6. The normalized spacial score (nSPS) is 10.2. The Hall–Kier alpha value is -2.64. The minimum atomic E-state index is -0.511. The third-order valence-corrected chi connectivity index (χ3v) is 2.01. The molecule has 0 atom stereocenters. The minimum Gasteiger partial charge on any atom is -0.398 e. The monoisotopic (exact) mass is 220 g/mol. The van der Waals surface area contributed by atoms with Crippen LogP contribution in [0.15, 0.2) is 18.2 Å². The summed E-state index contributed by atoms with van der Waals surface area (Å²) >= 11 is 0. The third-order valence-electron chi connectivity index (χ3n) is 2.01. The molecule has 1 aromatic carbocycles. The molecular weight excluding hydrogens is 212 g/mol. The molecule has 5 N–H and O–H groups in total. The van der Waals surface area contributed by atoms with Gasteiger partial charge in [0.25, 0.3) is 5.69 Å². The van der Waals surface area contributed by atoms with E-state index in [1.165, 1.54) is 18.2 Å². The molecule has 0 saturated carbocycles. The lowest BCUT2D eigenvalue weighted by Gasteiger charge is -2.00. The largest absolute Gasteiger partial charge is 0.398 e. The predicted octanol–water partition coefficient (Wildman–Crippen LogP) is 0.544. The lowest BCUT2D eigenvalue weighted by Crippen LogP contribution is -1.95. The van der Waals surface area contributed by atoms with E-state index in [4.69, 9.17) is 11.5 Å². The Bertz CT molecular complexity index is 549. The molecule has 1 aromatic heterocycles. The number of hydrogen-bond donors (Lipinski definition) is 3. The Morgan fingerprint density at radius 2 is 2.12 bits per heavy atom. The van der Waals surface area contributed by atoms with E-state index in [-0.39, 0.29) is 11.6 Å². The topological polar surface area (TPSA) is 137 Å². The molecule has 2 aromatic rings. The molecule has 0 aliphatic rings. The molecule has 82 valence electrons. The Morgan fingerprint density at radius 3 is 2.69 bits per heavy atom. The summed E-state index contributed by atoms with van der Waals surface area (Å²) in [5.74, 6) is 0.361. The first kappa shape index (κ1) is 9.90. The SMILES string of the molecule is Nc1n[nH]c(-c2cc([N+](=O)[O-])ccc2N)n1. The predicted molar refractivity (Wildman–Crippen MR) is 57.3 cm³/mol. The van der Waals surface area contributed by atoms with Crippen LogP contribution in [-0.2, 0) is 0 Å². The molecule has 8 nitrogen and oxygen atoms in total. The number of nitrogens with two attached hydrogens (primary N) is 2. The quantitative estimate of drug-likeness (QED) is 0.383. The molecule has 0 unspecified atom stereocenters. The van der Waals surface area contributed by atoms with Crippen LogP contribution in [-0.4, -0.2) is 20.1 Å². The Balaban J connectivity index is 2.55. The number of nitrogens with zero attached hydrogens (tertiary/aromatic N) is 3. The smallest absolute Gasteiger partial charge is 0.270 e. The fourth-order valence-electron chi connectivity index (χ4n) is 1.26. The number of rotatable bonds is 2. The van der Waals surface area contributed by atoms with Gasteiger partial charge in [0, 0.05) is 23.4 Å². The van der Waals surface area contributed by atoms with Crippen LogP contribution < -0.4 is 11.5 Å². The highest BCUT2D eigenvalue weighted by molar-refractivity contribution is 5.74. The molecular formula is C8H8N6O2. The van der Waals surface area contributed by atoms with Crippen LogP contribution in [0, 0.1) is 10.1 Å². The van der Waals surface area contributed by atoms with Crippen molar-refractivity contribution < 1.29 is 4.92 Å². The second-order valence-corrected chi connectivity index (χ2v) is 3.07. The number of nitro groups is 1. The highest BCUT2D eigenvalue weighted by atomic mass is 16.6. The van der Waals surface area contributed by atoms with Crippen LogP contribution >= 0.6 is 0 Å². The van der Waals surface area contributed by atoms with Gasteiger partial charge in [0.05, 0.1) is 4.92 Å². The van der Waals surface area contributed by atoms with Gasteiger partial charge in [-0.25, -0.2) is 0 Å². The van der Waals surface area contributed by atoms with Gasteiger partial charge in [0.15, 0.2) is 5.82 Å². The van der Waals surface area contributed by atoms with E-state index in [1.807, 2.05) is 0 Å². The summed E-state index contributed by atoms with van der Waals surface area (Å²) < 4.78 is 0. The number of nitrogen functional groups attached to an aromatic ring is 2. The van der Waals surface area contributed by atoms with Crippen molar-refractivity contribution in [3.63, 3.8) is 0 Å². The molecule has 0 spiro atoms. The fourth-order valence-corrected chi connectivity index (χ4v) is 1.26. The summed E-state index contributed by atoms with van der Waals surface area (Å²) in [6, 6.07) is 4.07. The van der Waals surface area contributed by atoms with Crippen molar-refractivity contribution in [1.82, 2.24) is 15.2 Å². The zero-order valence-electron chi connectivity index (χ0n) is 8.04. The van der Waals surface area contributed by atoms with Gasteiger partial charge < -0.3 is 11.5 Å². The number of aromatic amines is 1. The van der Waals surface area contributed by atoms with E-state index in [0.29, 0.717) is 17.1 Å². The number of anilines is 2. The molecule has 0 amide bonds. The second kappa shape index (κ2) is 3.50. The van der Waals surface area contributed by atoms with Gasteiger partial charge in [-0.05, 0) is 6.07 Å². The first-order chi connectivity index (χ1) is 7.58. The average Bonchev–Trinajstić information content (AvgIpc) is 2.65. The molecule has 0 aliphatic heterocycles. The van der Waals surface area contributed by atoms with Crippen molar-refractivity contribution in [1.29, 1.82) is 0 Å². The van der Waals surface area contributed by atoms with E-state index < -0.39 is 4.92 Å². The molecule has 8 heteroatoms. The highest BCUT2D eigenvalue weighted by Crippen LogP contribution is 2.27. The molecule has 0 fully saturated rings.